The summed E-state index contributed by atoms with van der Waals surface area (Å²) in [7, 11) is 1.43. The van der Waals surface area contributed by atoms with Crippen LogP contribution < -0.4 is 14.9 Å². The van der Waals surface area contributed by atoms with Crippen LogP contribution in [0, 0.1) is 6.92 Å². The maximum absolute atomic E-state index is 13.1. The van der Waals surface area contributed by atoms with Crippen molar-refractivity contribution in [3.05, 3.63) is 45.8 Å². The van der Waals surface area contributed by atoms with E-state index in [9.17, 15) is 20.1 Å². The lowest BCUT2D eigenvalue weighted by Gasteiger charge is -2.24. The zero-order valence-corrected chi connectivity index (χ0v) is 13.4. The number of fused-ring (bicyclic) bond motifs is 4. The number of para-hydroxylation sites is 1. The molecule has 0 bridgehead atoms. The summed E-state index contributed by atoms with van der Waals surface area (Å²) in [6.45, 7) is 1.62. The summed E-state index contributed by atoms with van der Waals surface area (Å²) in [5.74, 6) is -0.234. The van der Waals surface area contributed by atoms with E-state index in [0.29, 0.717) is 11.3 Å². The Hall–Kier alpha value is -3.19. The van der Waals surface area contributed by atoms with Crippen molar-refractivity contribution in [3.63, 3.8) is 0 Å². The van der Waals surface area contributed by atoms with Crippen LogP contribution in [0.15, 0.2) is 33.5 Å². The first-order valence-corrected chi connectivity index (χ1v) is 7.48. The summed E-state index contributed by atoms with van der Waals surface area (Å²) in [6, 6.07) is 5.96. The summed E-state index contributed by atoms with van der Waals surface area (Å²) in [4.78, 5) is 13.1. The molecule has 2 heterocycles. The Labute approximate surface area is 141 Å². The molecule has 2 aromatic carbocycles. The van der Waals surface area contributed by atoms with Gasteiger partial charge in [0.25, 0.3) is 6.29 Å². The number of hydrogen-bond acceptors (Lipinski definition) is 7. The molecular weight excluding hydrogens is 328 g/mol. The second-order valence-corrected chi connectivity index (χ2v) is 5.72. The van der Waals surface area contributed by atoms with E-state index >= 15 is 0 Å². The predicted octanol–water partition coefficient (Wildman–Crippen LogP) is 2.57. The van der Waals surface area contributed by atoms with Crippen molar-refractivity contribution >= 4 is 11.0 Å². The summed E-state index contributed by atoms with van der Waals surface area (Å²) in [6.07, 6.45) is -1.57. The number of benzene rings is 2. The first-order chi connectivity index (χ1) is 11.9. The Morgan fingerprint density at radius 2 is 2.00 bits per heavy atom. The van der Waals surface area contributed by atoms with Gasteiger partial charge in [0.1, 0.15) is 22.5 Å². The number of aliphatic hydroxyl groups is 1. The van der Waals surface area contributed by atoms with E-state index in [4.69, 9.17) is 13.9 Å². The van der Waals surface area contributed by atoms with Gasteiger partial charge in [-0.1, -0.05) is 12.1 Å². The molecule has 0 saturated carbocycles. The minimum absolute atomic E-state index is 0.0149. The molecule has 4 rings (SSSR count). The van der Waals surface area contributed by atoms with Crippen molar-refractivity contribution < 1.29 is 29.2 Å². The van der Waals surface area contributed by atoms with E-state index < -0.39 is 11.7 Å². The largest absolute Gasteiger partial charge is 0.507 e. The van der Waals surface area contributed by atoms with Crippen LogP contribution in [0.1, 0.15) is 17.6 Å². The van der Waals surface area contributed by atoms with Crippen LogP contribution in [-0.2, 0) is 0 Å². The molecule has 0 spiro atoms. The zero-order valence-electron chi connectivity index (χ0n) is 13.4. The standard InChI is InChI=1S/C18H14O7/c1-7-10(23-2)6-11-13(14(7)20)15(21)12-8-4-3-5-9(19)16(8)25-18(22)17(12)24-11/h3-6,18-20,22H,1-2H3/t18-/m1/s1. The van der Waals surface area contributed by atoms with Crippen LogP contribution in [0.25, 0.3) is 22.1 Å². The van der Waals surface area contributed by atoms with Crippen LogP contribution in [0.5, 0.6) is 23.0 Å². The maximum atomic E-state index is 13.1. The molecule has 1 aromatic heterocycles. The van der Waals surface area contributed by atoms with Crippen molar-refractivity contribution in [2.24, 2.45) is 0 Å². The number of ether oxygens (including phenoxy) is 2. The van der Waals surface area contributed by atoms with Crippen LogP contribution in [0.3, 0.4) is 0 Å². The van der Waals surface area contributed by atoms with Crippen molar-refractivity contribution in [3.8, 4) is 34.1 Å². The lowest BCUT2D eigenvalue weighted by molar-refractivity contribution is -0.0390. The Kier molecular flexibility index (Phi) is 3.16. The highest BCUT2D eigenvalue weighted by Crippen LogP contribution is 2.46. The van der Waals surface area contributed by atoms with Crippen molar-refractivity contribution in [1.82, 2.24) is 0 Å². The van der Waals surface area contributed by atoms with Crippen molar-refractivity contribution in [1.29, 1.82) is 0 Å². The van der Waals surface area contributed by atoms with Gasteiger partial charge in [-0.25, -0.2) is 0 Å². The normalized spacial score (nSPS) is 15.4. The minimum Gasteiger partial charge on any atom is -0.507 e. The van der Waals surface area contributed by atoms with E-state index in [2.05, 4.69) is 0 Å². The van der Waals surface area contributed by atoms with Gasteiger partial charge < -0.3 is 29.2 Å². The molecule has 128 valence electrons. The van der Waals surface area contributed by atoms with Gasteiger partial charge in [-0.15, -0.1) is 0 Å². The highest BCUT2D eigenvalue weighted by atomic mass is 16.6. The Morgan fingerprint density at radius 1 is 1.24 bits per heavy atom. The smallest absolute Gasteiger partial charge is 0.257 e. The fraction of sp³-hybridized carbons (Fsp3) is 0.167. The molecule has 1 aliphatic rings. The summed E-state index contributed by atoms with van der Waals surface area (Å²) >= 11 is 0. The fourth-order valence-corrected chi connectivity index (χ4v) is 3.08. The van der Waals surface area contributed by atoms with Crippen molar-refractivity contribution in [2.45, 2.75) is 13.2 Å². The number of hydrogen-bond donors (Lipinski definition) is 3. The summed E-state index contributed by atoms with van der Waals surface area (Å²) in [5, 5.41) is 30.6. The molecule has 7 heteroatoms. The lowest BCUT2D eigenvalue weighted by Crippen LogP contribution is -2.20. The monoisotopic (exact) mass is 342 g/mol. The molecular formula is C18H14O7. The highest BCUT2D eigenvalue weighted by molar-refractivity contribution is 5.92. The number of phenolic OH excluding ortho intramolecular Hbond substituents is 2. The molecule has 1 atom stereocenters. The van der Waals surface area contributed by atoms with Gasteiger partial charge in [0, 0.05) is 17.2 Å². The summed E-state index contributed by atoms with van der Waals surface area (Å²) in [5.41, 5.74) is 0.246. The number of rotatable bonds is 1. The lowest BCUT2D eigenvalue weighted by atomic mass is 9.97. The molecule has 0 fully saturated rings. The molecule has 0 saturated heterocycles. The zero-order chi connectivity index (χ0) is 17.9. The quantitative estimate of drug-likeness (QED) is 0.623. The molecule has 0 radical (unpaired) electrons. The van der Waals surface area contributed by atoms with E-state index in [0.717, 1.165) is 0 Å². The third-order valence-corrected chi connectivity index (χ3v) is 4.33. The third-order valence-electron chi connectivity index (χ3n) is 4.33. The average molecular weight is 342 g/mol. The van der Waals surface area contributed by atoms with E-state index in [-0.39, 0.29) is 45.1 Å². The van der Waals surface area contributed by atoms with Crippen molar-refractivity contribution in [2.75, 3.05) is 7.11 Å². The van der Waals surface area contributed by atoms with Gasteiger partial charge in [-0.2, -0.15) is 0 Å². The molecule has 0 amide bonds. The minimum atomic E-state index is -1.57. The van der Waals surface area contributed by atoms with Crippen LogP contribution in [0.4, 0.5) is 0 Å². The molecule has 1 aliphatic heterocycles. The second kappa shape index (κ2) is 5.15. The number of aromatic hydroxyl groups is 2. The Morgan fingerprint density at radius 3 is 2.72 bits per heavy atom. The highest BCUT2D eigenvalue weighted by Gasteiger charge is 2.33. The third kappa shape index (κ3) is 1.99. The van der Waals surface area contributed by atoms with Gasteiger partial charge in [-0.05, 0) is 13.0 Å². The van der Waals surface area contributed by atoms with Gasteiger partial charge in [-0.3, -0.25) is 4.79 Å². The second-order valence-electron chi connectivity index (χ2n) is 5.72. The fourth-order valence-electron chi connectivity index (χ4n) is 3.08. The molecule has 3 aromatic rings. The van der Waals surface area contributed by atoms with Crippen LogP contribution in [-0.4, -0.2) is 22.4 Å². The van der Waals surface area contributed by atoms with Gasteiger partial charge >= 0.3 is 0 Å². The van der Waals surface area contributed by atoms with Gasteiger partial charge in [0.15, 0.2) is 17.3 Å². The number of phenols is 2. The molecule has 25 heavy (non-hydrogen) atoms. The SMILES string of the molecule is COc1cc2oc3c(c(=O)c2c(O)c1C)-c1cccc(O)c1O[C@H]3O. The number of aliphatic hydroxyl groups excluding tert-OH is 1. The Balaban J connectivity index is 2.17. The van der Waals surface area contributed by atoms with E-state index in [1.807, 2.05) is 0 Å². The van der Waals surface area contributed by atoms with Crippen LogP contribution >= 0.6 is 0 Å². The predicted molar refractivity (Wildman–Crippen MR) is 88.1 cm³/mol. The van der Waals surface area contributed by atoms with E-state index in [1.54, 1.807) is 19.1 Å². The summed E-state index contributed by atoms with van der Waals surface area (Å²) < 4.78 is 16.1. The first-order valence-electron chi connectivity index (χ1n) is 7.48. The molecule has 3 N–H and O–H groups in total. The number of methoxy groups -OCH3 is 1. The van der Waals surface area contributed by atoms with Crippen LogP contribution in [0.2, 0.25) is 0 Å². The average Bonchev–Trinajstić information content (AvgIpc) is 2.59. The van der Waals surface area contributed by atoms with Gasteiger partial charge in [0.05, 0.1) is 12.7 Å². The van der Waals surface area contributed by atoms with E-state index in [1.165, 1.54) is 19.2 Å². The molecule has 0 aliphatic carbocycles. The maximum Gasteiger partial charge on any atom is 0.257 e. The first kappa shape index (κ1) is 15.3. The molecule has 0 unspecified atom stereocenters. The Bertz CT molecular complexity index is 1080. The molecule has 7 nitrogen and oxygen atoms in total. The topological polar surface area (TPSA) is 109 Å². The van der Waals surface area contributed by atoms with Gasteiger partial charge in [0.2, 0.25) is 5.43 Å².